The standard InChI is InChI=1S/C26H25F2N5O3S.C7H12FN/c1-12-5-6-15(20-17(10-29)24(30)37-22(12)20)19-14(3)21-16(9-18(19)27)25(32-26(31-21)36-34-4)33-7-8-35-11-13(2)23(33)28;8-6-4-7-2-1-3-9(7)5-6/h5-6,9,13,23H,7-8,11,30H2,1-4H3;6-7H,1-5H2. The van der Waals surface area contributed by atoms with Gasteiger partial charge in [-0.2, -0.15) is 20.1 Å². The van der Waals surface area contributed by atoms with E-state index in [1.165, 1.54) is 42.3 Å². The Hall–Kier alpha value is -3.70. The van der Waals surface area contributed by atoms with Crippen LogP contribution in [0.3, 0.4) is 0 Å². The number of rotatable bonds is 4. The van der Waals surface area contributed by atoms with Gasteiger partial charge in [0.1, 0.15) is 28.9 Å². The Labute approximate surface area is 269 Å². The third kappa shape index (κ3) is 5.83. The molecule has 0 saturated carbocycles. The van der Waals surface area contributed by atoms with Gasteiger partial charge in [0, 0.05) is 46.1 Å². The van der Waals surface area contributed by atoms with Gasteiger partial charge in [0.2, 0.25) is 0 Å². The number of thiophene rings is 1. The molecule has 4 unspecified atom stereocenters. The van der Waals surface area contributed by atoms with Crippen LogP contribution in [0.25, 0.3) is 32.1 Å². The first-order valence-corrected chi connectivity index (χ1v) is 16.2. The fraction of sp³-hybridized carbons (Fsp3) is 0.485. The van der Waals surface area contributed by atoms with Crippen LogP contribution < -0.4 is 15.5 Å². The smallest absolute Gasteiger partial charge is 0.355 e. The van der Waals surface area contributed by atoms with Gasteiger partial charge in [0.25, 0.3) is 0 Å². The van der Waals surface area contributed by atoms with Crippen LogP contribution in [0, 0.1) is 36.9 Å². The molecule has 7 rings (SSSR count). The van der Waals surface area contributed by atoms with Crippen molar-refractivity contribution in [2.75, 3.05) is 50.6 Å². The van der Waals surface area contributed by atoms with E-state index in [9.17, 15) is 9.65 Å². The average Bonchev–Trinajstić information content (AvgIpc) is 3.68. The van der Waals surface area contributed by atoms with E-state index >= 15 is 8.78 Å². The quantitative estimate of drug-likeness (QED) is 0.147. The first-order chi connectivity index (χ1) is 22.1. The number of nitriles is 1. The number of halogens is 3. The molecule has 0 bridgehead atoms. The summed E-state index contributed by atoms with van der Waals surface area (Å²) in [5, 5.41) is 11.1. The lowest BCUT2D eigenvalue weighted by atomic mass is 9.92. The van der Waals surface area contributed by atoms with Crippen LogP contribution in [-0.2, 0) is 9.62 Å². The molecule has 46 heavy (non-hydrogen) atoms. The number of alkyl halides is 2. The van der Waals surface area contributed by atoms with Crippen molar-refractivity contribution in [1.29, 1.82) is 5.26 Å². The van der Waals surface area contributed by atoms with Crippen molar-refractivity contribution in [1.82, 2.24) is 14.9 Å². The van der Waals surface area contributed by atoms with Crippen LogP contribution in [0.1, 0.15) is 42.9 Å². The molecule has 3 aliphatic heterocycles. The van der Waals surface area contributed by atoms with Crippen molar-refractivity contribution >= 4 is 43.1 Å². The Balaban J connectivity index is 0.000000352. The Morgan fingerprint density at radius 2 is 2.00 bits per heavy atom. The lowest BCUT2D eigenvalue weighted by molar-refractivity contribution is -0.184. The van der Waals surface area contributed by atoms with Crippen molar-refractivity contribution in [3.05, 3.63) is 40.7 Å². The number of ether oxygens (including phenoxy) is 1. The second-order valence-corrected chi connectivity index (χ2v) is 13.2. The maximum absolute atomic E-state index is 16.0. The minimum Gasteiger partial charge on any atom is -0.389 e. The predicted molar refractivity (Wildman–Crippen MR) is 173 cm³/mol. The van der Waals surface area contributed by atoms with Gasteiger partial charge in [0.05, 0.1) is 31.4 Å². The fourth-order valence-corrected chi connectivity index (χ4v) is 7.89. The highest BCUT2D eigenvalue weighted by atomic mass is 32.1. The number of nitrogens with zero attached hydrogens (tertiary/aromatic N) is 5. The fourth-order valence-electron chi connectivity index (χ4n) is 6.88. The first-order valence-electron chi connectivity index (χ1n) is 15.4. The van der Waals surface area contributed by atoms with E-state index in [1.54, 1.807) is 19.9 Å². The molecule has 0 spiro atoms. The molecule has 4 aromatic rings. The molecule has 0 radical (unpaired) electrons. The third-order valence-corrected chi connectivity index (χ3v) is 10.3. The normalized spacial score (nSPS) is 23.2. The number of aryl methyl sites for hydroxylation is 2. The van der Waals surface area contributed by atoms with Crippen molar-refractivity contribution < 1.29 is 27.7 Å². The molecule has 3 fully saturated rings. The molecule has 4 atom stereocenters. The summed E-state index contributed by atoms with van der Waals surface area (Å²) in [4.78, 5) is 22.5. The molecular weight excluding hydrogens is 617 g/mol. The predicted octanol–water partition coefficient (Wildman–Crippen LogP) is 6.62. The van der Waals surface area contributed by atoms with Gasteiger partial charge in [-0.25, -0.2) is 13.2 Å². The van der Waals surface area contributed by atoms with Crippen molar-refractivity contribution in [2.45, 2.75) is 58.5 Å². The molecule has 0 aliphatic carbocycles. The van der Waals surface area contributed by atoms with E-state index in [0.717, 1.165) is 23.2 Å². The van der Waals surface area contributed by atoms with Crippen LogP contribution in [0.2, 0.25) is 0 Å². The SMILES string of the molecule is COOc1nc(N2CCOCC(C)C2F)c2cc(F)c(-c3ccc(C)c4sc(N)c(C#N)c34)c(C)c2n1.FC1CC2CCCN2C1. The molecule has 2 N–H and O–H groups in total. The minimum atomic E-state index is -1.41. The van der Waals surface area contributed by atoms with Gasteiger partial charge in [0.15, 0.2) is 6.30 Å². The monoisotopic (exact) mass is 654 g/mol. The van der Waals surface area contributed by atoms with Gasteiger partial charge >= 0.3 is 6.01 Å². The molecule has 3 aliphatic rings. The van der Waals surface area contributed by atoms with Crippen LogP contribution in [0.5, 0.6) is 6.01 Å². The molecule has 2 aromatic carbocycles. The van der Waals surface area contributed by atoms with E-state index in [0.29, 0.717) is 50.6 Å². The zero-order valence-electron chi connectivity index (χ0n) is 26.3. The van der Waals surface area contributed by atoms with Crippen molar-refractivity contribution in [3.63, 3.8) is 0 Å². The van der Waals surface area contributed by atoms with Crippen LogP contribution >= 0.6 is 11.3 Å². The zero-order chi connectivity index (χ0) is 32.7. The zero-order valence-corrected chi connectivity index (χ0v) is 27.1. The van der Waals surface area contributed by atoms with E-state index < -0.39 is 24.2 Å². The first kappa shape index (κ1) is 32.2. The number of aromatic nitrogens is 2. The number of hydrogen-bond donors (Lipinski definition) is 1. The van der Waals surface area contributed by atoms with Crippen molar-refractivity contribution in [2.24, 2.45) is 5.92 Å². The lowest BCUT2D eigenvalue weighted by Gasteiger charge is -2.29. The highest BCUT2D eigenvalue weighted by Crippen LogP contribution is 2.45. The number of anilines is 2. The molecule has 0 amide bonds. The van der Waals surface area contributed by atoms with Gasteiger partial charge < -0.3 is 15.4 Å². The maximum atomic E-state index is 16.0. The summed E-state index contributed by atoms with van der Waals surface area (Å²) >= 11 is 1.30. The summed E-state index contributed by atoms with van der Waals surface area (Å²) in [5.41, 5.74) is 9.02. The minimum absolute atomic E-state index is 0.137. The molecule has 244 valence electrons. The molecule has 5 heterocycles. The van der Waals surface area contributed by atoms with Gasteiger partial charge in [-0.05, 0) is 62.4 Å². The second kappa shape index (κ2) is 13.2. The van der Waals surface area contributed by atoms with Crippen LogP contribution in [-0.4, -0.2) is 73.3 Å². The lowest BCUT2D eigenvalue weighted by Crippen LogP contribution is -2.37. The molecular formula is C33H37F3N6O3S. The Morgan fingerprint density at radius 3 is 2.74 bits per heavy atom. The molecule has 9 nitrogen and oxygen atoms in total. The summed E-state index contributed by atoms with van der Waals surface area (Å²) in [5.74, 6) is -0.801. The highest BCUT2D eigenvalue weighted by molar-refractivity contribution is 7.23. The summed E-state index contributed by atoms with van der Waals surface area (Å²) in [6.07, 6.45) is 1.40. The Bertz CT molecular complexity index is 1800. The number of nitrogen functional groups attached to an aromatic ring is 1. The molecule has 2 aromatic heterocycles. The van der Waals surface area contributed by atoms with Crippen molar-refractivity contribution in [3.8, 4) is 23.2 Å². The van der Waals surface area contributed by atoms with E-state index in [-0.39, 0.29) is 37.2 Å². The van der Waals surface area contributed by atoms with Gasteiger partial charge in [-0.15, -0.1) is 11.3 Å². The number of nitrogens with two attached hydrogens (primary N) is 1. The molecule has 13 heteroatoms. The van der Waals surface area contributed by atoms with Crippen LogP contribution in [0.4, 0.5) is 24.0 Å². The highest BCUT2D eigenvalue weighted by Gasteiger charge is 2.35. The largest absolute Gasteiger partial charge is 0.389 e. The maximum Gasteiger partial charge on any atom is 0.355 e. The third-order valence-electron chi connectivity index (χ3n) is 9.10. The van der Waals surface area contributed by atoms with E-state index in [4.69, 9.17) is 20.2 Å². The summed E-state index contributed by atoms with van der Waals surface area (Å²) in [7, 11) is 1.31. The van der Waals surface area contributed by atoms with Crippen LogP contribution in [0.15, 0.2) is 18.2 Å². The number of benzene rings is 2. The van der Waals surface area contributed by atoms with E-state index in [1.807, 2.05) is 13.0 Å². The second-order valence-electron chi connectivity index (χ2n) is 12.2. The average molecular weight is 655 g/mol. The topological polar surface area (TPSA) is 110 Å². The van der Waals surface area contributed by atoms with E-state index in [2.05, 4.69) is 20.9 Å². The summed E-state index contributed by atoms with van der Waals surface area (Å²) in [6.45, 7) is 8.00. The summed E-state index contributed by atoms with van der Waals surface area (Å²) in [6, 6.07) is 7.60. The number of hydrogen-bond acceptors (Lipinski definition) is 10. The Kier molecular flexibility index (Phi) is 9.25. The van der Waals surface area contributed by atoms with Gasteiger partial charge in [-0.1, -0.05) is 19.1 Å². The Morgan fingerprint density at radius 1 is 1.20 bits per heavy atom. The summed E-state index contributed by atoms with van der Waals surface area (Å²) < 4.78 is 50.4. The van der Waals surface area contributed by atoms with Gasteiger partial charge in [-0.3, -0.25) is 9.79 Å². The number of fused-ring (bicyclic) bond motifs is 3. The molecule has 3 saturated heterocycles.